The van der Waals surface area contributed by atoms with Crippen LogP contribution in [0.15, 0.2) is 28.9 Å². The molecule has 0 amide bonds. The molecule has 4 nitrogen and oxygen atoms in total. The van der Waals surface area contributed by atoms with Crippen LogP contribution in [-0.4, -0.2) is 6.04 Å². The molecular weight excluding hydrogens is 281 g/mol. The fraction of sp³-hybridized carbons (Fsp3) is 0.286. The Balaban J connectivity index is 2.01. The van der Waals surface area contributed by atoms with Gasteiger partial charge in [-0.3, -0.25) is 0 Å². The summed E-state index contributed by atoms with van der Waals surface area (Å²) in [4.78, 5) is 1.90. The van der Waals surface area contributed by atoms with Crippen LogP contribution >= 0.6 is 11.6 Å². The van der Waals surface area contributed by atoms with E-state index in [4.69, 9.17) is 27.5 Å². The molecule has 2 aromatic rings. The molecule has 0 aliphatic heterocycles. The highest BCUT2D eigenvalue weighted by Crippen LogP contribution is 2.41. The maximum Gasteiger partial charge on any atom is 0.169 e. The minimum Gasteiger partial charge on any atom is -0.467 e. The number of nitrogen functional groups attached to an aromatic ring is 2. The maximum atomic E-state index is 14.4. The molecule has 3 rings (SSSR count). The molecular formula is C14H15ClFN3O. The lowest BCUT2D eigenvalue weighted by Crippen LogP contribution is -2.27. The van der Waals surface area contributed by atoms with Crippen LogP contribution in [0.4, 0.5) is 21.5 Å². The molecule has 1 aliphatic rings. The lowest BCUT2D eigenvalue weighted by Gasteiger charge is -2.26. The van der Waals surface area contributed by atoms with E-state index >= 15 is 0 Å². The quantitative estimate of drug-likeness (QED) is 0.848. The van der Waals surface area contributed by atoms with Gasteiger partial charge in [0.2, 0.25) is 0 Å². The molecule has 1 heterocycles. The normalized spacial score (nSPS) is 14.5. The molecule has 1 saturated carbocycles. The van der Waals surface area contributed by atoms with E-state index in [-0.39, 0.29) is 16.8 Å². The zero-order chi connectivity index (χ0) is 14.3. The Labute approximate surface area is 121 Å². The number of benzene rings is 1. The summed E-state index contributed by atoms with van der Waals surface area (Å²) in [5.74, 6) is 0.186. The van der Waals surface area contributed by atoms with Crippen LogP contribution in [0.1, 0.15) is 18.6 Å². The largest absolute Gasteiger partial charge is 0.467 e. The maximum absolute atomic E-state index is 14.4. The van der Waals surface area contributed by atoms with Gasteiger partial charge in [-0.2, -0.15) is 0 Å². The van der Waals surface area contributed by atoms with Crippen LogP contribution in [0.5, 0.6) is 0 Å². The zero-order valence-corrected chi connectivity index (χ0v) is 11.5. The minimum absolute atomic E-state index is 0.0840. The Bertz CT molecular complexity index is 626. The molecule has 0 unspecified atom stereocenters. The highest BCUT2D eigenvalue weighted by Gasteiger charge is 2.33. The van der Waals surface area contributed by atoms with E-state index in [1.807, 2.05) is 11.0 Å². The summed E-state index contributed by atoms with van der Waals surface area (Å²) in [6.07, 6.45) is 3.60. The average Bonchev–Trinajstić information content (AvgIpc) is 3.13. The van der Waals surface area contributed by atoms with Crippen molar-refractivity contribution in [1.29, 1.82) is 0 Å². The Morgan fingerprint density at radius 2 is 2.10 bits per heavy atom. The number of anilines is 3. The first-order chi connectivity index (χ1) is 9.58. The number of furan rings is 1. The Morgan fingerprint density at radius 1 is 1.35 bits per heavy atom. The minimum atomic E-state index is -0.567. The summed E-state index contributed by atoms with van der Waals surface area (Å²) < 4.78 is 19.8. The first kappa shape index (κ1) is 13.1. The molecule has 0 bridgehead atoms. The summed E-state index contributed by atoms with van der Waals surface area (Å²) in [7, 11) is 0. The third-order valence-corrected chi connectivity index (χ3v) is 3.80. The summed E-state index contributed by atoms with van der Waals surface area (Å²) in [6.45, 7) is 0.457. The van der Waals surface area contributed by atoms with Crippen LogP contribution in [0.2, 0.25) is 5.02 Å². The van der Waals surface area contributed by atoms with Crippen molar-refractivity contribution in [1.82, 2.24) is 0 Å². The number of hydrogen-bond donors (Lipinski definition) is 2. The number of halogens is 2. The first-order valence-electron chi connectivity index (χ1n) is 6.40. The Hall–Kier alpha value is -1.88. The molecule has 0 radical (unpaired) electrons. The van der Waals surface area contributed by atoms with Gasteiger partial charge < -0.3 is 20.8 Å². The van der Waals surface area contributed by atoms with Crippen LogP contribution < -0.4 is 16.4 Å². The van der Waals surface area contributed by atoms with Gasteiger partial charge in [0.1, 0.15) is 10.8 Å². The molecule has 1 aromatic heterocycles. The predicted molar refractivity (Wildman–Crippen MR) is 78.1 cm³/mol. The van der Waals surface area contributed by atoms with Gasteiger partial charge in [-0.1, -0.05) is 11.6 Å². The summed E-state index contributed by atoms with van der Waals surface area (Å²) in [6, 6.07) is 5.41. The van der Waals surface area contributed by atoms with E-state index in [0.29, 0.717) is 17.9 Å². The van der Waals surface area contributed by atoms with Gasteiger partial charge >= 0.3 is 0 Å². The van der Waals surface area contributed by atoms with Crippen molar-refractivity contribution >= 4 is 28.7 Å². The van der Waals surface area contributed by atoms with E-state index in [1.165, 1.54) is 6.07 Å². The average molecular weight is 296 g/mol. The predicted octanol–water partition coefficient (Wildman–Crippen LogP) is 3.41. The molecule has 0 spiro atoms. The first-order valence-corrected chi connectivity index (χ1v) is 6.77. The molecule has 1 aromatic carbocycles. The van der Waals surface area contributed by atoms with Crippen molar-refractivity contribution in [2.24, 2.45) is 0 Å². The lowest BCUT2D eigenvalue weighted by atomic mass is 10.2. The van der Waals surface area contributed by atoms with Gasteiger partial charge in [0.15, 0.2) is 5.82 Å². The second-order valence-corrected chi connectivity index (χ2v) is 5.35. The molecule has 20 heavy (non-hydrogen) atoms. The Morgan fingerprint density at radius 3 is 2.70 bits per heavy atom. The second kappa shape index (κ2) is 4.90. The van der Waals surface area contributed by atoms with Gasteiger partial charge in [0.05, 0.1) is 29.9 Å². The van der Waals surface area contributed by atoms with E-state index < -0.39 is 5.82 Å². The summed E-state index contributed by atoms with van der Waals surface area (Å²) in [5, 5.41) is -0.0840. The van der Waals surface area contributed by atoms with Crippen molar-refractivity contribution in [2.45, 2.75) is 25.4 Å². The van der Waals surface area contributed by atoms with Gasteiger partial charge in [-0.05, 0) is 31.0 Å². The van der Waals surface area contributed by atoms with E-state index in [1.54, 1.807) is 12.3 Å². The van der Waals surface area contributed by atoms with Crippen molar-refractivity contribution in [3.05, 3.63) is 41.1 Å². The fourth-order valence-electron chi connectivity index (χ4n) is 2.30. The number of nitrogens with two attached hydrogens (primary N) is 2. The van der Waals surface area contributed by atoms with E-state index in [9.17, 15) is 4.39 Å². The number of nitrogens with zero attached hydrogens (tertiary/aromatic N) is 1. The topological polar surface area (TPSA) is 68.4 Å². The van der Waals surface area contributed by atoms with E-state index in [0.717, 1.165) is 18.6 Å². The summed E-state index contributed by atoms with van der Waals surface area (Å²) >= 11 is 5.90. The van der Waals surface area contributed by atoms with Gasteiger partial charge in [0, 0.05) is 6.04 Å². The number of hydrogen-bond acceptors (Lipinski definition) is 4. The van der Waals surface area contributed by atoms with Crippen LogP contribution in [0, 0.1) is 5.82 Å². The monoisotopic (exact) mass is 295 g/mol. The molecule has 1 aliphatic carbocycles. The molecule has 4 N–H and O–H groups in total. The highest BCUT2D eigenvalue weighted by molar-refractivity contribution is 6.33. The molecule has 6 heteroatoms. The molecule has 0 saturated heterocycles. The van der Waals surface area contributed by atoms with Crippen molar-refractivity contribution in [3.8, 4) is 0 Å². The highest BCUT2D eigenvalue weighted by atomic mass is 35.5. The van der Waals surface area contributed by atoms with Gasteiger partial charge in [-0.15, -0.1) is 0 Å². The van der Waals surface area contributed by atoms with Crippen LogP contribution in [0.25, 0.3) is 0 Å². The third-order valence-electron chi connectivity index (χ3n) is 3.42. The Kier molecular flexibility index (Phi) is 3.22. The molecule has 1 fully saturated rings. The van der Waals surface area contributed by atoms with Crippen molar-refractivity contribution in [3.63, 3.8) is 0 Å². The number of rotatable bonds is 4. The third kappa shape index (κ3) is 2.29. The fourth-order valence-corrected chi connectivity index (χ4v) is 2.44. The van der Waals surface area contributed by atoms with E-state index in [2.05, 4.69) is 0 Å². The second-order valence-electron chi connectivity index (χ2n) is 4.97. The standard InChI is InChI=1S/C14H15ClFN3O/c15-12-10(17)6-11(18)14(13(12)16)19(8-3-4-8)7-9-2-1-5-20-9/h1-2,5-6,8H,3-4,7,17-18H2. The lowest BCUT2D eigenvalue weighted by molar-refractivity contribution is 0.498. The van der Waals surface area contributed by atoms with Gasteiger partial charge in [-0.25, -0.2) is 4.39 Å². The smallest absolute Gasteiger partial charge is 0.169 e. The van der Waals surface area contributed by atoms with Crippen LogP contribution in [0.3, 0.4) is 0 Å². The summed E-state index contributed by atoms with van der Waals surface area (Å²) in [5.41, 5.74) is 12.3. The van der Waals surface area contributed by atoms with Gasteiger partial charge in [0.25, 0.3) is 0 Å². The zero-order valence-electron chi connectivity index (χ0n) is 10.8. The van der Waals surface area contributed by atoms with Crippen molar-refractivity contribution < 1.29 is 8.81 Å². The molecule has 0 atom stereocenters. The van der Waals surface area contributed by atoms with Crippen LogP contribution in [-0.2, 0) is 6.54 Å². The van der Waals surface area contributed by atoms with Crippen molar-refractivity contribution in [2.75, 3.05) is 16.4 Å². The molecule has 106 valence electrons. The SMILES string of the molecule is Nc1cc(N)c(N(Cc2ccco2)C2CC2)c(F)c1Cl.